The van der Waals surface area contributed by atoms with E-state index in [1.807, 2.05) is 24.3 Å². The van der Waals surface area contributed by atoms with Gasteiger partial charge in [0.15, 0.2) is 0 Å². The minimum Gasteiger partial charge on any atom is -0.497 e. The average molecular weight is 418 g/mol. The summed E-state index contributed by atoms with van der Waals surface area (Å²) in [5.41, 5.74) is 4.82. The second-order valence-electron chi connectivity index (χ2n) is 6.99. The zero-order valence-corrected chi connectivity index (χ0v) is 18.1. The maximum Gasteiger partial charge on any atom is 0.263 e. The van der Waals surface area contributed by atoms with Crippen LogP contribution in [0, 0.1) is 0 Å². The molecule has 0 aliphatic carbocycles. The number of rotatable bonds is 8. The molecule has 0 fully saturated rings. The third-order valence-electron chi connectivity index (χ3n) is 4.41. The predicted molar refractivity (Wildman–Crippen MR) is 116 cm³/mol. The molecule has 0 spiro atoms. The molecule has 0 aliphatic heterocycles. The van der Waals surface area contributed by atoms with Crippen molar-refractivity contribution in [3.05, 3.63) is 59.7 Å². The van der Waals surface area contributed by atoms with E-state index >= 15 is 0 Å². The first-order valence-electron chi connectivity index (χ1n) is 9.20. The van der Waals surface area contributed by atoms with Gasteiger partial charge in [0.05, 0.1) is 25.3 Å². The van der Waals surface area contributed by atoms with Crippen LogP contribution in [0.25, 0.3) is 0 Å². The van der Waals surface area contributed by atoms with Gasteiger partial charge in [-0.3, -0.25) is 9.10 Å². The fourth-order valence-corrected chi connectivity index (χ4v) is 3.94. The van der Waals surface area contributed by atoms with Crippen molar-refractivity contribution in [1.29, 1.82) is 0 Å². The van der Waals surface area contributed by atoms with Crippen molar-refractivity contribution in [2.75, 3.05) is 17.7 Å². The van der Waals surface area contributed by atoms with Gasteiger partial charge in [-0.15, -0.1) is 0 Å². The van der Waals surface area contributed by atoms with Gasteiger partial charge in [0, 0.05) is 0 Å². The number of ether oxygens (including phenoxy) is 1. The highest BCUT2D eigenvalue weighted by molar-refractivity contribution is 7.92. The normalized spacial score (nSPS) is 12.8. The van der Waals surface area contributed by atoms with Gasteiger partial charge in [-0.1, -0.05) is 38.1 Å². The monoisotopic (exact) mass is 417 g/mol. The molecule has 0 aromatic heterocycles. The van der Waals surface area contributed by atoms with E-state index in [2.05, 4.69) is 24.4 Å². The average Bonchev–Trinajstić information content (AvgIpc) is 2.67. The van der Waals surface area contributed by atoms with E-state index in [0.717, 1.165) is 16.1 Å². The molecule has 1 N–H and O–H groups in total. The number of hydrazone groups is 1. The molecule has 0 saturated carbocycles. The molecule has 0 aliphatic rings. The molecule has 2 aromatic carbocycles. The van der Waals surface area contributed by atoms with Crippen LogP contribution >= 0.6 is 0 Å². The van der Waals surface area contributed by atoms with E-state index in [1.54, 1.807) is 24.3 Å². The van der Waals surface area contributed by atoms with Crippen LogP contribution in [0.1, 0.15) is 37.8 Å². The highest BCUT2D eigenvalue weighted by Gasteiger charge is 2.29. The number of carbonyl (C=O) groups is 1. The highest BCUT2D eigenvalue weighted by atomic mass is 32.2. The minimum atomic E-state index is -3.69. The molecule has 2 aromatic rings. The summed E-state index contributed by atoms with van der Waals surface area (Å²) >= 11 is 0. The molecule has 8 heteroatoms. The van der Waals surface area contributed by atoms with Gasteiger partial charge in [-0.2, -0.15) is 5.10 Å². The number of methoxy groups -OCH3 is 1. The molecule has 1 atom stereocenters. The maximum absolute atomic E-state index is 12.5. The standard InChI is InChI=1S/C21H27N3O4S/c1-15(2)18-8-6-17(7-9-18)14-22-23-21(25)16(3)24(29(5,26)27)19-10-12-20(28-4)13-11-19/h6-16H,1-5H3,(H,23,25)/b22-14-/t16-/m1/s1. The molecule has 7 nitrogen and oxygen atoms in total. The number of sulfonamides is 1. The van der Waals surface area contributed by atoms with Crippen LogP contribution < -0.4 is 14.5 Å². The van der Waals surface area contributed by atoms with E-state index in [1.165, 1.54) is 25.8 Å². The summed E-state index contributed by atoms with van der Waals surface area (Å²) < 4.78 is 30.7. The first-order chi connectivity index (χ1) is 13.6. The zero-order valence-electron chi connectivity index (χ0n) is 17.3. The number of amides is 1. The SMILES string of the molecule is COc1ccc(N([C@H](C)C(=O)N/N=C\c2ccc(C(C)C)cc2)S(C)(=O)=O)cc1. The fraction of sp³-hybridized carbons (Fsp3) is 0.333. The van der Waals surface area contributed by atoms with Gasteiger partial charge in [-0.05, 0) is 48.2 Å². The van der Waals surface area contributed by atoms with Gasteiger partial charge in [0.25, 0.3) is 5.91 Å². The summed E-state index contributed by atoms with van der Waals surface area (Å²) in [6.45, 7) is 5.73. The van der Waals surface area contributed by atoms with Crippen LogP contribution in [0.3, 0.4) is 0 Å². The van der Waals surface area contributed by atoms with Gasteiger partial charge >= 0.3 is 0 Å². The van der Waals surface area contributed by atoms with E-state index in [-0.39, 0.29) is 0 Å². The highest BCUT2D eigenvalue weighted by Crippen LogP contribution is 2.23. The first kappa shape index (κ1) is 22.4. The number of hydrogen-bond donors (Lipinski definition) is 1. The topological polar surface area (TPSA) is 88.1 Å². The Balaban J connectivity index is 2.12. The lowest BCUT2D eigenvalue weighted by atomic mass is 10.0. The van der Waals surface area contributed by atoms with Crippen molar-refractivity contribution < 1.29 is 17.9 Å². The van der Waals surface area contributed by atoms with Crippen molar-refractivity contribution in [2.24, 2.45) is 5.10 Å². The number of nitrogens with one attached hydrogen (secondary N) is 1. The Morgan fingerprint density at radius 1 is 1.07 bits per heavy atom. The largest absolute Gasteiger partial charge is 0.497 e. The summed E-state index contributed by atoms with van der Waals surface area (Å²) in [6, 6.07) is 13.3. The molecular weight excluding hydrogens is 390 g/mol. The molecule has 2 rings (SSSR count). The molecule has 0 unspecified atom stereocenters. The van der Waals surface area contributed by atoms with Crippen LogP contribution in [0.15, 0.2) is 53.6 Å². The summed E-state index contributed by atoms with van der Waals surface area (Å²) in [6.07, 6.45) is 2.58. The van der Waals surface area contributed by atoms with Crippen molar-refractivity contribution in [3.8, 4) is 5.75 Å². The predicted octanol–water partition coefficient (Wildman–Crippen LogP) is 3.12. The van der Waals surface area contributed by atoms with Crippen LogP contribution in [0.5, 0.6) is 5.75 Å². The zero-order chi connectivity index (χ0) is 21.6. The van der Waals surface area contributed by atoms with Crippen molar-refractivity contribution in [1.82, 2.24) is 5.43 Å². The Kier molecular flexibility index (Phi) is 7.39. The van der Waals surface area contributed by atoms with Crippen LogP contribution in [-0.4, -0.2) is 39.9 Å². The summed E-state index contributed by atoms with van der Waals surface area (Å²) in [5, 5.41) is 3.96. The van der Waals surface area contributed by atoms with Crippen molar-refractivity contribution in [3.63, 3.8) is 0 Å². The van der Waals surface area contributed by atoms with E-state index < -0.39 is 22.0 Å². The Morgan fingerprint density at radius 3 is 2.14 bits per heavy atom. The molecular formula is C21H27N3O4S. The third-order valence-corrected chi connectivity index (χ3v) is 5.65. The second-order valence-corrected chi connectivity index (χ2v) is 8.85. The maximum atomic E-state index is 12.5. The number of anilines is 1. The Morgan fingerprint density at radius 2 is 1.66 bits per heavy atom. The van der Waals surface area contributed by atoms with Crippen molar-refractivity contribution >= 4 is 27.8 Å². The number of benzene rings is 2. The van der Waals surface area contributed by atoms with E-state index in [0.29, 0.717) is 17.4 Å². The number of carbonyl (C=O) groups excluding carboxylic acids is 1. The molecule has 0 bridgehead atoms. The van der Waals surface area contributed by atoms with Gasteiger partial charge in [-0.25, -0.2) is 13.8 Å². The summed E-state index contributed by atoms with van der Waals surface area (Å²) in [5.74, 6) is 0.482. The number of nitrogens with zero attached hydrogens (tertiary/aromatic N) is 2. The molecule has 0 saturated heterocycles. The molecule has 29 heavy (non-hydrogen) atoms. The minimum absolute atomic E-state index is 0.365. The lowest BCUT2D eigenvalue weighted by molar-refractivity contribution is -0.121. The van der Waals surface area contributed by atoms with Crippen molar-refractivity contribution in [2.45, 2.75) is 32.7 Å². The summed E-state index contributed by atoms with van der Waals surface area (Å²) in [7, 11) is -2.17. The summed E-state index contributed by atoms with van der Waals surface area (Å²) in [4.78, 5) is 12.5. The molecule has 156 valence electrons. The molecule has 0 radical (unpaired) electrons. The van der Waals surface area contributed by atoms with E-state index in [4.69, 9.17) is 4.74 Å². The van der Waals surface area contributed by atoms with Crippen LogP contribution in [0.2, 0.25) is 0 Å². The smallest absolute Gasteiger partial charge is 0.263 e. The van der Waals surface area contributed by atoms with Gasteiger partial charge in [0.1, 0.15) is 11.8 Å². The Labute approximate surface area is 172 Å². The molecule has 1 amide bonds. The second kappa shape index (κ2) is 9.56. The van der Waals surface area contributed by atoms with E-state index in [9.17, 15) is 13.2 Å². The first-order valence-corrected chi connectivity index (χ1v) is 11.0. The molecule has 0 heterocycles. The van der Waals surface area contributed by atoms with Crippen LogP contribution in [-0.2, 0) is 14.8 Å². The number of hydrogen-bond acceptors (Lipinski definition) is 5. The van der Waals surface area contributed by atoms with Gasteiger partial charge in [0.2, 0.25) is 10.0 Å². The van der Waals surface area contributed by atoms with Gasteiger partial charge < -0.3 is 4.74 Å². The lowest BCUT2D eigenvalue weighted by Crippen LogP contribution is -2.46. The lowest BCUT2D eigenvalue weighted by Gasteiger charge is -2.27. The Hall–Kier alpha value is -2.87. The third kappa shape index (κ3) is 6.05. The fourth-order valence-electron chi connectivity index (χ4n) is 2.77. The Bertz CT molecular complexity index is 952. The van der Waals surface area contributed by atoms with Crippen LogP contribution in [0.4, 0.5) is 5.69 Å². The quantitative estimate of drug-likeness (QED) is 0.528.